The van der Waals surface area contributed by atoms with Crippen molar-refractivity contribution in [3.8, 4) is 0 Å². The molecule has 3 heteroatoms. The van der Waals surface area contributed by atoms with Gasteiger partial charge in [0.25, 0.3) is 0 Å². The lowest BCUT2D eigenvalue weighted by molar-refractivity contribution is -0.127. The number of nitrogens with one attached hydrogen (secondary N) is 1. The average molecular weight is 321 g/mol. The van der Waals surface area contributed by atoms with Gasteiger partial charge in [-0.1, -0.05) is 39.3 Å². The quantitative estimate of drug-likeness (QED) is 0.574. The summed E-state index contributed by atoms with van der Waals surface area (Å²) in [6.45, 7) is 14.0. The zero-order chi connectivity index (χ0) is 17.4. The standard InChI is InChI=1S/C20H36N2O/c1-7-11-20(23)21-22(15(5)6)14-17(9-3)19-13-12-16(8-2)18(19)10-4/h12,15,17H,7-11,13-14H2,1-6H3,(H,21,23). The summed E-state index contributed by atoms with van der Waals surface area (Å²) >= 11 is 0. The molecule has 0 saturated carbocycles. The third-order valence-corrected chi connectivity index (χ3v) is 4.85. The third-order valence-electron chi connectivity index (χ3n) is 4.85. The van der Waals surface area contributed by atoms with Gasteiger partial charge in [-0.2, -0.15) is 0 Å². The molecule has 3 nitrogen and oxygen atoms in total. The Morgan fingerprint density at radius 1 is 1.22 bits per heavy atom. The van der Waals surface area contributed by atoms with Crippen molar-refractivity contribution < 1.29 is 4.79 Å². The Morgan fingerprint density at radius 3 is 2.39 bits per heavy atom. The molecule has 1 aliphatic carbocycles. The Labute approximate surface area is 143 Å². The minimum atomic E-state index is 0.138. The predicted octanol–water partition coefficient (Wildman–Crippen LogP) is 5.00. The zero-order valence-electron chi connectivity index (χ0n) is 16.0. The van der Waals surface area contributed by atoms with Gasteiger partial charge >= 0.3 is 0 Å². The largest absolute Gasteiger partial charge is 0.289 e. The summed E-state index contributed by atoms with van der Waals surface area (Å²) in [5, 5.41) is 2.14. The van der Waals surface area contributed by atoms with Crippen LogP contribution >= 0.6 is 0 Å². The first kappa shape index (κ1) is 20.0. The smallest absolute Gasteiger partial charge is 0.234 e. The van der Waals surface area contributed by atoms with Crippen molar-refractivity contribution in [1.82, 2.24) is 10.4 Å². The van der Waals surface area contributed by atoms with Crippen molar-refractivity contribution >= 4 is 5.91 Å². The molecule has 1 atom stereocenters. The van der Waals surface area contributed by atoms with E-state index in [1.54, 1.807) is 11.1 Å². The second-order valence-electron chi connectivity index (χ2n) is 6.78. The van der Waals surface area contributed by atoms with Gasteiger partial charge < -0.3 is 0 Å². The number of rotatable bonds is 10. The van der Waals surface area contributed by atoms with Gasteiger partial charge in [0.1, 0.15) is 0 Å². The molecule has 1 rings (SSSR count). The monoisotopic (exact) mass is 320 g/mol. The van der Waals surface area contributed by atoms with Crippen LogP contribution in [0.25, 0.3) is 0 Å². The highest BCUT2D eigenvalue weighted by Crippen LogP contribution is 2.36. The van der Waals surface area contributed by atoms with Gasteiger partial charge in [-0.3, -0.25) is 10.2 Å². The number of hydrogen-bond donors (Lipinski definition) is 1. The Balaban J connectivity index is 2.86. The van der Waals surface area contributed by atoms with E-state index in [1.165, 1.54) is 5.57 Å². The van der Waals surface area contributed by atoms with Gasteiger partial charge in [0, 0.05) is 19.0 Å². The van der Waals surface area contributed by atoms with E-state index in [1.807, 2.05) is 6.92 Å². The van der Waals surface area contributed by atoms with Crippen LogP contribution in [0.15, 0.2) is 22.8 Å². The van der Waals surface area contributed by atoms with Crippen LogP contribution in [0.4, 0.5) is 0 Å². The molecule has 1 aliphatic rings. The molecule has 0 saturated heterocycles. The first-order valence-electron chi connectivity index (χ1n) is 9.45. The minimum Gasteiger partial charge on any atom is -0.289 e. The predicted molar refractivity (Wildman–Crippen MR) is 99.0 cm³/mol. The fourth-order valence-electron chi connectivity index (χ4n) is 3.46. The average Bonchev–Trinajstić information content (AvgIpc) is 2.94. The number of amides is 1. The molecule has 0 aromatic heterocycles. The molecule has 0 bridgehead atoms. The second kappa shape index (κ2) is 9.92. The van der Waals surface area contributed by atoms with Crippen LogP contribution in [0.5, 0.6) is 0 Å². The summed E-state index contributed by atoms with van der Waals surface area (Å²) in [6.07, 6.45) is 8.37. The van der Waals surface area contributed by atoms with Crippen LogP contribution in [0.3, 0.4) is 0 Å². The van der Waals surface area contributed by atoms with Crippen molar-refractivity contribution in [2.45, 2.75) is 86.1 Å². The number of carbonyl (C=O) groups excluding carboxylic acids is 1. The zero-order valence-corrected chi connectivity index (χ0v) is 16.0. The Kier molecular flexibility index (Phi) is 8.60. The number of hydrogen-bond acceptors (Lipinski definition) is 2. The minimum absolute atomic E-state index is 0.138. The van der Waals surface area contributed by atoms with Gasteiger partial charge in [-0.15, -0.1) is 0 Å². The third kappa shape index (κ3) is 5.49. The van der Waals surface area contributed by atoms with Gasteiger partial charge in [-0.05, 0) is 63.0 Å². The molecule has 0 aliphatic heterocycles. The molecule has 0 spiro atoms. The van der Waals surface area contributed by atoms with Gasteiger partial charge in [-0.25, -0.2) is 5.01 Å². The molecule has 0 aromatic carbocycles. The van der Waals surface area contributed by atoms with Crippen LogP contribution in [0.1, 0.15) is 80.1 Å². The highest BCUT2D eigenvalue weighted by atomic mass is 16.2. The van der Waals surface area contributed by atoms with E-state index >= 15 is 0 Å². The summed E-state index contributed by atoms with van der Waals surface area (Å²) < 4.78 is 0. The molecule has 23 heavy (non-hydrogen) atoms. The maximum Gasteiger partial charge on any atom is 0.234 e. The maximum atomic E-state index is 12.0. The van der Waals surface area contributed by atoms with Crippen molar-refractivity contribution in [3.63, 3.8) is 0 Å². The summed E-state index contributed by atoms with van der Waals surface area (Å²) in [4.78, 5) is 12.0. The SMILES string of the molecule is CCCC(=O)NN(CC(CC)C1=C(CC)C(CC)=CC1)C(C)C. The molecule has 0 radical (unpaired) electrons. The number of nitrogens with zero attached hydrogens (tertiary/aromatic N) is 1. The van der Waals surface area contributed by atoms with Crippen molar-refractivity contribution in [3.05, 3.63) is 22.8 Å². The molecule has 1 unspecified atom stereocenters. The van der Waals surface area contributed by atoms with Crippen LogP contribution in [0.2, 0.25) is 0 Å². The highest BCUT2D eigenvalue weighted by molar-refractivity contribution is 5.75. The first-order chi connectivity index (χ1) is 11.0. The normalized spacial score (nSPS) is 16.3. The van der Waals surface area contributed by atoms with Gasteiger partial charge in [0.15, 0.2) is 0 Å². The Hall–Kier alpha value is -1.09. The van der Waals surface area contributed by atoms with E-state index < -0.39 is 0 Å². The van der Waals surface area contributed by atoms with Gasteiger partial charge in [0.2, 0.25) is 5.91 Å². The van der Waals surface area contributed by atoms with Crippen LogP contribution in [0, 0.1) is 5.92 Å². The lowest BCUT2D eigenvalue weighted by Gasteiger charge is -2.32. The van der Waals surface area contributed by atoms with E-state index in [0.29, 0.717) is 18.4 Å². The molecule has 1 N–H and O–H groups in total. The van der Waals surface area contributed by atoms with E-state index in [0.717, 1.165) is 38.6 Å². The van der Waals surface area contributed by atoms with E-state index in [2.05, 4.69) is 51.1 Å². The molecule has 0 heterocycles. The van der Waals surface area contributed by atoms with E-state index in [9.17, 15) is 4.79 Å². The van der Waals surface area contributed by atoms with Crippen molar-refractivity contribution in [1.29, 1.82) is 0 Å². The molecular formula is C20H36N2O. The lowest BCUT2D eigenvalue weighted by atomic mass is 9.89. The number of hydrazine groups is 1. The van der Waals surface area contributed by atoms with E-state index in [4.69, 9.17) is 0 Å². The van der Waals surface area contributed by atoms with Crippen LogP contribution < -0.4 is 5.43 Å². The molecular weight excluding hydrogens is 284 g/mol. The fraction of sp³-hybridized carbons (Fsp3) is 0.750. The van der Waals surface area contributed by atoms with Gasteiger partial charge in [0.05, 0.1) is 0 Å². The molecule has 0 fully saturated rings. The number of carbonyl (C=O) groups is 1. The highest BCUT2D eigenvalue weighted by Gasteiger charge is 2.25. The first-order valence-corrected chi connectivity index (χ1v) is 9.45. The Bertz CT molecular complexity index is 449. The summed E-state index contributed by atoms with van der Waals surface area (Å²) in [5.41, 5.74) is 7.82. The molecule has 132 valence electrons. The van der Waals surface area contributed by atoms with Crippen molar-refractivity contribution in [2.24, 2.45) is 5.92 Å². The molecule has 0 aromatic rings. The lowest BCUT2D eigenvalue weighted by Crippen LogP contribution is -2.48. The summed E-state index contributed by atoms with van der Waals surface area (Å²) in [5.74, 6) is 0.661. The van der Waals surface area contributed by atoms with Crippen molar-refractivity contribution in [2.75, 3.05) is 6.54 Å². The Morgan fingerprint density at radius 2 is 1.91 bits per heavy atom. The van der Waals surface area contributed by atoms with Crippen LogP contribution in [-0.4, -0.2) is 23.5 Å². The van der Waals surface area contributed by atoms with Crippen LogP contribution in [-0.2, 0) is 4.79 Å². The fourth-order valence-corrected chi connectivity index (χ4v) is 3.46. The topological polar surface area (TPSA) is 32.3 Å². The maximum absolute atomic E-state index is 12.0. The second-order valence-corrected chi connectivity index (χ2v) is 6.78. The summed E-state index contributed by atoms with van der Waals surface area (Å²) in [6, 6.07) is 0.315. The summed E-state index contributed by atoms with van der Waals surface area (Å²) in [7, 11) is 0. The molecule has 1 amide bonds. The van der Waals surface area contributed by atoms with E-state index in [-0.39, 0.29) is 5.91 Å². The number of allylic oxidation sites excluding steroid dienone is 3.